The van der Waals surface area contributed by atoms with Crippen LogP contribution in [-0.4, -0.2) is 23.5 Å². The van der Waals surface area contributed by atoms with Crippen LogP contribution in [0.2, 0.25) is 0 Å². The zero-order valence-corrected chi connectivity index (χ0v) is 15.1. The molecule has 0 unspecified atom stereocenters. The molecule has 0 radical (unpaired) electrons. The number of amides is 1. The Balaban J connectivity index is 1.58. The first-order valence-corrected chi connectivity index (χ1v) is 8.76. The molecule has 1 amide bonds. The van der Waals surface area contributed by atoms with Crippen LogP contribution in [0.3, 0.4) is 0 Å². The van der Waals surface area contributed by atoms with E-state index in [1.165, 1.54) is 11.3 Å². The molecule has 0 bridgehead atoms. The summed E-state index contributed by atoms with van der Waals surface area (Å²) in [6.07, 6.45) is 0. The van der Waals surface area contributed by atoms with Gasteiger partial charge in [-0.1, -0.05) is 15.9 Å². The Morgan fingerprint density at radius 2 is 2.08 bits per heavy atom. The highest BCUT2D eigenvalue weighted by molar-refractivity contribution is 9.10. The van der Waals surface area contributed by atoms with E-state index >= 15 is 0 Å². The molecule has 0 aliphatic carbocycles. The van der Waals surface area contributed by atoms with Crippen molar-refractivity contribution < 1.29 is 14.3 Å². The van der Waals surface area contributed by atoms with E-state index in [0.29, 0.717) is 11.3 Å². The standard InChI is InChI=1S/C17H13BrN2O3S/c1-10-6-12(3-4-13(10)18)20-16(21)8-23-17(22)11-2-5-14-15(7-11)24-9-19-14/h2-7,9H,8H2,1H3,(H,20,21). The summed E-state index contributed by atoms with van der Waals surface area (Å²) in [6, 6.07) is 10.6. The monoisotopic (exact) mass is 404 g/mol. The molecule has 122 valence electrons. The lowest BCUT2D eigenvalue weighted by molar-refractivity contribution is -0.119. The summed E-state index contributed by atoms with van der Waals surface area (Å²) < 4.78 is 6.93. The van der Waals surface area contributed by atoms with Crippen molar-refractivity contribution in [3.8, 4) is 0 Å². The maximum absolute atomic E-state index is 12.0. The average Bonchev–Trinajstić information content (AvgIpc) is 3.03. The number of nitrogens with zero attached hydrogens (tertiary/aromatic N) is 1. The second kappa shape index (κ2) is 7.11. The van der Waals surface area contributed by atoms with Gasteiger partial charge in [0, 0.05) is 10.2 Å². The number of carbonyl (C=O) groups is 2. The molecule has 7 heteroatoms. The topological polar surface area (TPSA) is 68.3 Å². The Morgan fingerprint density at radius 1 is 1.25 bits per heavy atom. The van der Waals surface area contributed by atoms with Crippen LogP contribution in [0, 0.1) is 6.92 Å². The van der Waals surface area contributed by atoms with Crippen LogP contribution in [-0.2, 0) is 9.53 Å². The number of anilines is 1. The van der Waals surface area contributed by atoms with Crippen molar-refractivity contribution in [3.63, 3.8) is 0 Å². The maximum Gasteiger partial charge on any atom is 0.338 e. The molecule has 2 aromatic carbocycles. The molecule has 0 saturated carbocycles. The molecule has 24 heavy (non-hydrogen) atoms. The summed E-state index contributed by atoms with van der Waals surface area (Å²) in [5, 5.41) is 2.70. The predicted octanol–water partition coefficient (Wildman–Crippen LogP) is 4.16. The van der Waals surface area contributed by atoms with E-state index in [-0.39, 0.29) is 12.5 Å². The first-order chi connectivity index (χ1) is 11.5. The summed E-state index contributed by atoms with van der Waals surface area (Å²) in [7, 11) is 0. The second-order valence-electron chi connectivity index (χ2n) is 5.12. The third kappa shape index (κ3) is 3.80. The van der Waals surface area contributed by atoms with Crippen LogP contribution in [0.4, 0.5) is 5.69 Å². The Morgan fingerprint density at radius 3 is 2.88 bits per heavy atom. The molecule has 0 spiro atoms. The zero-order valence-electron chi connectivity index (χ0n) is 12.7. The van der Waals surface area contributed by atoms with E-state index in [0.717, 1.165) is 20.3 Å². The molecule has 1 N–H and O–H groups in total. The number of fused-ring (bicyclic) bond motifs is 1. The van der Waals surface area contributed by atoms with E-state index < -0.39 is 5.97 Å². The van der Waals surface area contributed by atoms with E-state index in [9.17, 15) is 9.59 Å². The van der Waals surface area contributed by atoms with Crippen molar-refractivity contribution in [2.45, 2.75) is 6.92 Å². The molecule has 0 aliphatic heterocycles. The van der Waals surface area contributed by atoms with Crippen LogP contribution in [0.25, 0.3) is 10.2 Å². The summed E-state index contributed by atoms with van der Waals surface area (Å²) >= 11 is 4.85. The highest BCUT2D eigenvalue weighted by Crippen LogP contribution is 2.21. The molecule has 1 aromatic heterocycles. The quantitative estimate of drug-likeness (QED) is 0.662. The van der Waals surface area contributed by atoms with Gasteiger partial charge in [-0.05, 0) is 48.9 Å². The van der Waals surface area contributed by atoms with Gasteiger partial charge in [-0.3, -0.25) is 4.79 Å². The first-order valence-electron chi connectivity index (χ1n) is 7.09. The highest BCUT2D eigenvalue weighted by Gasteiger charge is 2.12. The van der Waals surface area contributed by atoms with Crippen molar-refractivity contribution in [2.75, 3.05) is 11.9 Å². The Labute approximate surface area is 150 Å². The van der Waals surface area contributed by atoms with Crippen LogP contribution >= 0.6 is 27.3 Å². The van der Waals surface area contributed by atoms with Gasteiger partial charge in [-0.25, -0.2) is 9.78 Å². The number of benzene rings is 2. The molecule has 5 nitrogen and oxygen atoms in total. The summed E-state index contributed by atoms with van der Waals surface area (Å²) in [4.78, 5) is 28.1. The first kappa shape index (κ1) is 16.6. The molecule has 0 atom stereocenters. The number of rotatable bonds is 4. The predicted molar refractivity (Wildman–Crippen MR) is 97.4 cm³/mol. The molecule has 1 heterocycles. The minimum Gasteiger partial charge on any atom is -0.452 e. The summed E-state index contributed by atoms with van der Waals surface area (Å²) in [5.74, 6) is -0.920. The highest BCUT2D eigenvalue weighted by atomic mass is 79.9. The maximum atomic E-state index is 12.0. The number of esters is 1. The molecule has 0 fully saturated rings. The van der Waals surface area contributed by atoms with Crippen molar-refractivity contribution in [2.24, 2.45) is 0 Å². The van der Waals surface area contributed by atoms with Gasteiger partial charge in [-0.2, -0.15) is 0 Å². The fourth-order valence-corrected chi connectivity index (χ4v) is 3.08. The van der Waals surface area contributed by atoms with E-state index in [4.69, 9.17) is 4.74 Å². The smallest absolute Gasteiger partial charge is 0.338 e. The Hall–Kier alpha value is -2.25. The molecule has 0 aliphatic rings. The number of nitrogens with one attached hydrogen (secondary N) is 1. The van der Waals surface area contributed by atoms with Crippen LogP contribution < -0.4 is 5.32 Å². The number of hydrogen-bond donors (Lipinski definition) is 1. The van der Waals surface area contributed by atoms with E-state index in [2.05, 4.69) is 26.2 Å². The lowest BCUT2D eigenvalue weighted by atomic mass is 10.2. The van der Waals surface area contributed by atoms with Gasteiger partial charge in [0.1, 0.15) is 0 Å². The van der Waals surface area contributed by atoms with Gasteiger partial charge in [0.15, 0.2) is 6.61 Å². The Bertz CT molecular complexity index is 923. The summed E-state index contributed by atoms with van der Waals surface area (Å²) in [6.45, 7) is 1.59. The second-order valence-corrected chi connectivity index (χ2v) is 6.86. The van der Waals surface area contributed by atoms with Crippen molar-refractivity contribution in [3.05, 3.63) is 57.5 Å². The van der Waals surface area contributed by atoms with E-state index in [1.54, 1.807) is 29.8 Å². The minimum atomic E-state index is -0.535. The fourth-order valence-electron chi connectivity index (χ4n) is 2.12. The van der Waals surface area contributed by atoms with Crippen LogP contribution in [0.5, 0.6) is 0 Å². The van der Waals surface area contributed by atoms with Gasteiger partial charge >= 0.3 is 5.97 Å². The van der Waals surface area contributed by atoms with Gasteiger partial charge < -0.3 is 10.1 Å². The number of thiazole rings is 1. The van der Waals surface area contributed by atoms with Crippen molar-refractivity contribution in [1.29, 1.82) is 0 Å². The van der Waals surface area contributed by atoms with Crippen molar-refractivity contribution in [1.82, 2.24) is 4.98 Å². The van der Waals surface area contributed by atoms with E-state index in [1.807, 2.05) is 19.1 Å². The number of carbonyl (C=O) groups excluding carboxylic acids is 2. The number of aryl methyl sites for hydroxylation is 1. The number of hydrogen-bond acceptors (Lipinski definition) is 5. The van der Waals surface area contributed by atoms with Gasteiger partial charge in [0.05, 0.1) is 21.3 Å². The SMILES string of the molecule is Cc1cc(NC(=O)COC(=O)c2ccc3ncsc3c2)ccc1Br. The molecule has 3 aromatic rings. The number of halogens is 1. The normalized spacial score (nSPS) is 10.6. The molecule has 0 saturated heterocycles. The van der Waals surface area contributed by atoms with Gasteiger partial charge in [0.2, 0.25) is 0 Å². The largest absolute Gasteiger partial charge is 0.452 e. The van der Waals surface area contributed by atoms with Crippen LogP contribution in [0.1, 0.15) is 15.9 Å². The third-order valence-corrected chi connectivity index (χ3v) is 5.02. The number of ether oxygens (including phenoxy) is 1. The fraction of sp³-hybridized carbons (Fsp3) is 0.118. The number of aromatic nitrogens is 1. The molecule has 3 rings (SSSR count). The molecular formula is C17H13BrN2O3S. The lowest BCUT2D eigenvalue weighted by Gasteiger charge is -2.08. The van der Waals surface area contributed by atoms with Gasteiger partial charge in [0.25, 0.3) is 5.91 Å². The zero-order chi connectivity index (χ0) is 17.1. The van der Waals surface area contributed by atoms with Crippen molar-refractivity contribution >= 4 is 55.0 Å². The average molecular weight is 405 g/mol. The summed E-state index contributed by atoms with van der Waals surface area (Å²) in [5.41, 5.74) is 4.61. The third-order valence-electron chi connectivity index (χ3n) is 3.34. The molecular weight excluding hydrogens is 392 g/mol. The Kier molecular flexibility index (Phi) is 4.92. The lowest BCUT2D eigenvalue weighted by Crippen LogP contribution is -2.21. The van der Waals surface area contributed by atoms with Gasteiger partial charge in [-0.15, -0.1) is 11.3 Å². The minimum absolute atomic E-state index is 0.339. The van der Waals surface area contributed by atoms with Crippen LogP contribution in [0.15, 0.2) is 46.4 Å².